The lowest BCUT2D eigenvalue weighted by Crippen LogP contribution is -2.01. The van der Waals surface area contributed by atoms with Crippen LogP contribution in [0.1, 0.15) is 47.4 Å². The number of ketones is 1. The highest BCUT2D eigenvalue weighted by Crippen LogP contribution is 2.10. The molecule has 1 rings (SSSR count). The van der Waals surface area contributed by atoms with Gasteiger partial charge in [-0.05, 0) is 12.3 Å². The van der Waals surface area contributed by atoms with Crippen LogP contribution in [0.25, 0.3) is 0 Å². The largest absolute Gasteiger partial charge is 0.298 e. The summed E-state index contributed by atoms with van der Waals surface area (Å²) in [4.78, 5) is 22.1. The van der Waals surface area contributed by atoms with E-state index in [9.17, 15) is 9.59 Å². The fourth-order valence-electron chi connectivity index (χ4n) is 1.31. The van der Waals surface area contributed by atoms with Crippen molar-refractivity contribution in [2.75, 3.05) is 0 Å². The fraction of sp³-hybridized carbons (Fsp3) is 0.385. The molecular formula is C13H16O2. The molecule has 1 aromatic carbocycles. The van der Waals surface area contributed by atoms with Gasteiger partial charge in [-0.15, -0.1) is 0 Å². The minimum absolute atomic E-state index is 0.154. The monoisotopic (exact) mass is 204 g/mol. The van der Waals surface area contributed by atoms with Crippen molar-refractivity contribution in [2.45, 2.75) is 26.7 Å². The molecule has 0 saturated carbocycles. The SMILES string of the molecule is CC(C)CCC(=O)c1ccc(C=O)cc1. The molecule has 2 nitrogen and oxygen atoms in total. The quantitative estimate of drug-likeness (QED) is 0.545. The molecule has 0 atom stereocenters. The molecule has 0 saturated heterocycles. The first kappa shape index (κ1) is 11.6. The third-order valence-corrected chi connectivity index (χ3v) is 2.32. The Balaban J connectivity index is 2.62. The number of benzene rings is 1. The predicted molar refractivity (Wildman–Crippen MR) is 60.2 cm³/mol. The van der Waals surface area contributed by atoms with Gasteiger partial charge in [-0.25, -0.2) is 0 Å². The zero-order valence-corrected chi connectivity index (χ0v) is 9.19. The van der Waals surface area contributed by atoms with Gasteiger partial charge in [0.2, 0.25) is 0 Å². The standard InChI is InChI=1S/C13H16O2/c1-10(2)3-8-13(15)12-6-4-11(9-14)5-7-12/h4-7,9-10H,3,8H2,1-2H3. The van der Waals surface area contributed by atoms with Gasteiger partial charge in [0.1, 0.15) is 6.29 Å². The van der Waals surface area contributed by atoms with E-state index in [0.717, 1.165) is 12.7 Å². The van der Waals surface area contributed by atoms with Gasteiger partial charge in [-0.3, -0.25) is 9.59 Å². The van der Waals surface area contributed by atoms with E-state index in [-0.39, 0.29) is 5.78 Å². The van der Waals surface area contributed by atoms with Gasteiger partial charge in [0, 0.05) is 17.5 Å². The molecule has 15 heavy (non-hydrogen) atoms. The second-order valence-electron chi connectivity index (χ2n) is 4.10. The number of carbonyl (C=O) groups is 2. The number of Topliss-reactive ketones (excluding diaryl/α,β-unsaturated/α-hetero) is 1. The average molecular weight is 204 g/mol. The van der Waals surface area contributed by atoms with Crippen LogP contribution in [-0.2, 0) is 0 Å². The first-order chi connectivity index (χ1) is 7.13. The maximum absolute atomic E-state index is 11.7. The summed E-state index contributed by atoms with van der Waals surface area (Å²) in [6.07, 6.45) is 2.27. The summed E-state index contributed by atoms with van der Waals surface area (Å²) in [7, 11) is 0. The van der Waals surface area contributed by atoms with Gasteiger partial charge >= 0.3 is 0 Å². The fourth-order valence-corrected chi connectivity index (χ4v) is 1.31. The summed E-state index contributed by atoms with van der Waals surface area (Å²) in [6, 6.07) is 6.78. The van der Waals surface area contributed by atoms with Crippen LogP contribution in [0.2, 0.25) is 0 Å². The second kappa shape index (κ2) is 5.44. The Hall–Kier alpha value is -1.44. The van der Waals surface area contributed by atoms with Crippen LogP contribution in [0.5, 0.6) is 0 Å². The number of hydrogen-bond donors (Lipinski definition) is 0. The Labute approximate surface area is 90.3 Å². The second-order valence-corrected chi connectivity index (χ2v) is 4.10. The highest BCUT2D eigenvalue weighted by atomic mass is 16.1. The van der Waals surface area contributed by atoms with Crippen LogP contribution in [0.3, 0.4) is 0 Å². The van der Waals surface area contributed by atoms with Crippen molar-refractivity contribution in [2.24, 2.45) is 5.92 Å². The van der Waals surface area contributed by atoms with E-state index in [1.165, 1.54) is 0 Å². The molecule has 0 unspecified atom stereocenters. The van der Waals surface area contributed by atoms with Crippen molar-refractivity contribution in [3.05, 3.63) is 35.4 Å². The third-order valence-electron chi connectivity index (χ3n) is 2.32. The van der Waals surface area contributed by atoms with E-state index >= 15 is 0 Å². The average Bonchev–Trinajstić information content (AvgIpc) is 2.26. The summed E-state index contributed by atoms with van der Waals surface area (Å²) >= 11 is 0. The van der Waals surface area contributed by atoms with E-state index in [1.54, 1.807) is 24.3 Å². The normalized spacial score (nSPS) is 10.3. The maximum atomic E-state index is 11.7. The molecule has 0 N–H and O–H groups in total. The molecule has 0 radical (unpaired) electrons. The topological polar surface area (TPSA) is 34.1 Å². The summed E-state index contributed by atoms with van der Waals surface area (Å²) in [6.45, 7) is 4.20. The molecule has 0 bridgehead atoms. The molecule has 0 aliphatic carbocycles. The predicted octanol–water partition coefficient (Wildman–Crippen LogP) is 3.12. The Kier molecular flexibility index (Phi) is 4.22. The summed E-state index contributed by atoms with van der Waals surface area (Å²) < 4.78 is 0. The zero-order valence-electron chi connectivity index (χ0n) is 9.19. The maximum Gasteiger partial charge on any atom is 0.162 e. The van der Waals surface area contributed by atoms with E-state index in [1.807, 2.05) is 0 Å². The van der Waals surface area contributed by atoms with Crippen LogP contribution in [0.4, 0.5) is 0 Å². The molecular weight excluding hydrogens is 188 g/mol. The van der Waals surface area contributed by atoms with Crippen LogP contribution in [0, 0.1) is 5.92 Å². The third kappa shape index (κ3) is 3.66. The Morgan fingerprint density at radius 2 is 1.87 bits per heavy atom. The lowest BCUT2D eigenvalue weighted by molar-refractivity contribution is 0.0974. The minimum Gasteiger partial charge on any atom is -0.298 e. The van der Waals surface area contributed by atoms with E-state index in [4.69, 9.17) is 0 Å². The van der Waals surface area contributed by atoms with E-state index in [0.29, 0.717) is 23.5 Å². The van der Waals surface area contributed by atoms with Gasteiger partial charge in [0.05, 0.1) is 0 Å². The molecule has 0 heterocycles. The lowest BCUT2D eigenvalue weighted by Gasteiger charge is -2.03. The molecule has 0 aliphatic rings. The van der Waals surface area contributed by atoms with Crippen molar-refractivity contribution in [3.8, 4) is 0 Å². The summed E-state index contributed by atoms with van der Waals surface area (Å²) in [5, 5.41) is 0. The number of aldehydes is 1. The number of rotatable bonds is 5. The van der Waals surface area contributed by atoms with E-state index < -0.39 is 0 Å². The van der Waals surface area contributed by atoms with E-state index in [2.05, 4.69) is 13.8 Å². The van der Waals surface area contributed by atoms with Crippen molar-refractivity contribution < 1.29 is 9.59 Å². The molecule has 0 aromatic heterocycles. The van der Waals surface area contributed by atoms with Gasteiger partial charge in [-0.2, -0.15) is 0 Å². The highest BCUT2D eigenvalue weighted by molar-refractivity contribution is 5.96. The van der Waals surface area contributed by atoms with Crippen LogP contribution in [0.15, 0.2) is 24.3 Å². The van der Waals surface area contributed by atoms with Gasteiger partial charge in [0.25, 0.3) is 0 Å². The first-order valence-corrected chi connectivity index (χ1v) is 5.22. The van der Waals surface area contributed by atoms with Crippen LogP contribution >= 0.6 is 0 Å². The van der Waals surface area contributed by atoms with Crippen molar-refractivity contribution in [3.63, 3.8) is 0 Å². The Bertz CT molecular complexity index is 336. The molecule has 2 heteroatoms. The number of hydrogen-bond acceptors (Lipinski definition) is 2. The van der Waals surface area contributed by atoms with Crippen molar-refractivity contribution in [1.29, 1.82) is 0 Å². The Morgan fingerprint density at radius 3 is 2.33 bits per heavy atom. The smallest absolute Gasteiger partial charge is 0.162 e. The lowest BCUT2D eigenvalue weighted by atomic mass is 10.0. The molecule has 0 amide bonds. The van der Waals surface area contributed by atoms with Crippen molar-refractivity contribution >= 4 is 12.1 Å². The van der Waals surface area contributed by atoms with Gasteiger partial charge in [-0.1, -0.05) is 38.1 Å². The molecule has 1 aromatic rings. The molecule has 0 aliphatic heterocycles. The molecule has 0 fully saturated rings. The Morgan fingerprint density at radius 1 is 1.27 bits per heavy atom. The first-order valence-electron chi connectivity index (χ1n) is 5.22. The molecule has 0 spiro atoms. The summed E-state index contributed by atoms with van der Waals surface area (Å²) in [5.41, 5.74) is 1.30. The highest BCUT2D eigenvalue weighted by Gasteiger charge is 2.06. The number of carbonyl (C=O) groups excluding carboxylic acids is 2. The van der Waals surface area contributed by atoms with Crippen LogP contribution < -0.4 is 0 Å². The van der Waals surface area contributed by atoms with Crippen LogP contribution in [-0.4, -0.2) is 12.1 Å². The van der Waals surface area contributed by atoms with Crippen molar-refractivity contribution in [1.82, 2.24) is 0 Å². The molecule has 80 valence electrons. The van der Waals surface area contributed by atoms with Gasteiger partial charge < -0.3 is 0 Å². The summed E-state index contributed by atoms with van der Waals surface area (Å²) in [5.74, 6) is 0.698. The zero-order chi connectivity index (χ0) is 11.3. The minimum atomic E-state index is 0.154. The van der Waals surface area contributed by atoms with Gasteiger partial charge in [0.15, 0.2) is 5.78 Å².